The summed E-state index contributed by atoms with van der Waals surface area (Å²) < 4.78 is 30.8. The van der Waals surface area contributed by atoms with Crippen LogP contribution in [0.1, 0.15) is 9.67 Å². The Hall–Kier alpha value is -0.520. The first-order chi connectivity index (χ1) is 8.85. The first-order valence-corrected chi connectivity index (χ1v) is 8.06. The van der Waals surface area contributed by atoms with Gasteiger partial charge >= 0.3 is 5.97 Å². The van der Waals surface area contributed by atoms with E-state index in [9.17, 15) is 13.2 Å². The second kappa shape index (κ2) is 6.77. The highest BCUT2D eigenvalue weighted by Crippen LogP contribution is 2.32. The smallest absolute Gasteiger partial charge is 0.348 e. The minimum Gasteiger partial charge on any atom is -0.465 e. The van der Waals surface area contributed by atoms with Gasteiger partial charge < -0.3 is 14.9 Å². The summed E-state index contributed by atoms with van der Waals surface area (Å²) in [4.78, 5) is 11.3. The van der Waals surface area contributed by atoms with Crippen LogP contribution in [0, 0.1) is 0 Å². The quantitative estimate of drug-likeness (QED) is 0.601. The fraction of sp³-hybridized carbons (Fsp3) is 0.444. The summed E-state index contributed by atoms with van der Waals surface area (Å²) in [7, 11) is -2.76. The molecule has 1 rings (SSSR count). The molecule has 1 aromatic rings. The third-order valence-electron chi connectivity index (χ3n) is 2.09. The van der Waals surface area contributed by atoms with Crippen molar-refractivity contribution in [2.24, 2.45) is 0 Å². The van der Waals surface area contributed by atoms with E-state index in [0.29, 0.717) is 0 Å². The molecule has 0 saturated carbocycles. The second-order valence-corrected chi connectivity index (χ2v) is 7.48. The number of esters is 1. The Morgan fingerprint density at radius 1 is 1.53 bits per heavy atom. The number of carbonyl (C=O) groups excluding carboxylic acids is 1. The van der Waals surface area contributed by atoms with Gasteiger partial charge in [0.25, 0.3) is 0 Å². The lowest BCUT2D eigenvalue weighted by atomic mass is 10.4. The molecule has 0 bridgehead atoms. The number of hydrogen-bond acceptors (Lipinski definition) is 7. The third-order valence-corrected chi connectivity index (χ3v) is 5.85. The van der Waals surface area contributed by atoms with E-state index in [-0.39, 0.29) is 13.6 Å². The van der Waals surface area contributed by atoms with Crippen molar-refractivity contribution in [3.05, 3.63) is 14.7 Å². The van der Waals surface area contributed by atoms with Crippen molar-refractivity contribution in [2.75, 3.05) is 20.3 Å². The molecule has 10 heteroatoms. The lowest BCUT2D eigenvalue weighted by Crippen LogP contribution is -2.39. The lowest BCUT2D eigenvalue weighted by molar-refractivity contribution is 0.0606. The Morgan fingerprint density at radius 2 is 2.11 bits per heavy atom. The van der Waals surface area contributed by atoms with Gasteiger partial charge in [-0.3, -0.25) is 0 Å². The van der Waals surface area contributed by atoms with Crippen molar-refractivity contribution in [2.45, 2.75) is 10.9 Å². The molecule has 108 valence electrons. The zero-order valence-corrected chi connectivity index (χ0v) is 13.0. The number of aliphatic hydroxyl groups is 2. The summed E-state index contributed by atoms with van der Waals surface area (Å²) in [5.41, 5.74) is 0. The molecular formula is C9H12BrNO6S2. The van der Waals surface area contributed by atoms with Crippen LogP contribution in [0.5, 0.6) is 0 Å². The van der Waals surface area contributed by atoms with Crippen molar-refractivity contribution >= 4 is 43.3 Å². The highest BCUT2D eigenvalue weighted by molar-refractivity contribution is 9.11. The van der Waals surface area contributed by atoms with Gasteiger partial charge in [-0.25, -0.2) is 17.9 Å². The summed E-state index contributed by atoms with van der Waals surface area (Å²) >= 11 is 3.96. The zero-order valence-electron chi connectivity index (χ0n) is 9.79. The molecule has 0 aliphatic carbocycles. The predicted octanol–water partition coefficient (Wildman–Crippen LogP) is -0.0713. The Balaban J connectivity index is 3.08. The summed E-state index contributed by atoms with van der Waals surface area (Å²) in [6, 6.07) is 0.160. The van der Waals surface area contributed by atoms with Gasteiger partial charge in [0, 0.05) is 0 Å². The van der Waals surface area contributed by atoms with Gasteiger partial charge in [-0.1, -0.05) is 0 Å². The Bertz CT molecular complexity index is 551. The minimum atomic E-state index is -3.95. The number of halogens is 1. The molecular weight excluding hydrogens is 362 g/mol. The van der Waals surface area contributed by atoms with Crippen LogP contribution in [0.25, 0.3) is 0 Å². The first-order valence-electron chi connectivity index (χ1n) is 4.97. The molecule has 0 fully saturated rings. The molecule has 1 aromatic heterocycles. The van der Waals surface area contributed by atoms with Crippen LogP contribution in [0.2, 0.25) is 0 Å². The van der Waals surface area contributed by atoms with E-state index in [1.165, 1.54) is 7.11 Å². The number of nitrogens with one attached hydrogen (secondary N) is 1. The summed E-state index contributed by atoms with van der Waals surface area (Å²) in [6.45, 7) is -1.08. The molecule has 0 spiro atoms. The fourth-order valence-electron chi connectivity index (χ4n) is 1.15. The molecule has 0 saturated heterocycles. The SMILES string of the molecule is COC(=O)c1cc(S(=O)(=O)NC(CO)CO)c(Br)s1. The third kappa shape index (κ3) is 3.97. The average molecular weight is 374 g/mol. The van der Waals surface area contributed by atoms with Gasteiger partial charge in [0.05, 0.1) is 30.2 Å². The topological polar surface area (TPSA) is 113 Å². The van der Waals surface area contributed by atoms with E-state index in [0.717, 1.165) is 17.4 Å². The second-order valence-electron chi connectivity index (χ2n) is 3.42. The Labute approximate surface area is 122 Å². The largest absolute Gasteiger partial charge is 0.465 e. The van der Waals surface area contributed by atoms with Gasteiger partial charge in [0.15, 0.2) is 0 Å². The minimum absolute atomic E-state index is 0.124. The number of hydrogen-bond donors (Lipinski definition) is 3. The molecule has 19 heavy (non-hydrogen) atoms. The molecule has 0 atom stereocenters. The van der Waals surface area contributed by atoms with E-state index in [4.69, 9.17) is 10.2 Å². The fourth-order valence-corrected chi connectivity index (χ4v) is 4.85. The Kier molecular flexibility index (Phi) is 5.89. The summed E-state index contributed by atoms with van der Waals surface area (Å²) in [6.07, 6.45) is 0. The number of sulfonamides is 1. The van der Waals surface area contributed by atoms with Crippen molar-refractivity contribution in [3.63, 3.8) is 0 Å². The summed E-state index contributed by atoms with van der Waals surface area (Å²) in [5.74, 6) is -0.645. The van der Waals surface area contributed by atoms with Crippen molar-refractivity contribution in [3.8, 4) is 0 Å². The highest BCUT2D eigenvalue weighted by Gasteiger charge is 2.25. The van der Waals surface area contributed by atoms with E-state index in [1.807, 2.05) is 0 Å². The van der Waals surface area contributed by atoms with Crippen LogP contribution in [-0.2, 0) is 14.8 Å². The molecule has 0 aliphatic heterocycles. The molecule has 0 aromatic carbocycles. The average Bonchev–Trinajstić information content (AvgIpc) is 2.78. The van der Waals surface area contributed by atoms with E-state index < -0.39 is 35.2 Å². The maximum absolute atomic E-state index is 12.0. The maximum atomic E-state index is 12.0. The van der Waals surface area contributed by atoms with Gasteiger partial charge in [-0.2, -0.15) is 0 Å². The van der Waals surface area contributed by atoms with Gasteiger partial charge in [-0.05, 0) is 22.0 Å². The maximum Gasteiger partial charge on any atom is 0.348 e. The highest BCUT2D eigenvalue weighted by atomic mass is 79.9. The monoisotopic (exact) mass is 373 g/mol. The number of carbonyl (C=O) groups is 1. The van der Waals surface area contributed by atoms with E-state index in [2.05, 4.69) is 25.4 Å². The molecule has 0 radical (unpaired) electrons. The van der Waals surface area contributed by atoms with Crippen molar-refractivity contribution < 1.29 is 28.2 Å². The Morgan fingerprint density at radius 3 is 2.58 bits per heavy atom. The van der Waals surface area contributed by atoms with Crippen molar-refractivity contribution in [1.29, 1.82) is 0 Å². The predicted molar refractivity (Wildman–Crippen MR) is 71.6 cm³/mol. The van der Waals surface area contributed by atoms with Gasteiger partial charge in [0.1, 0.15) is 9.77 Å². The number of aliphatic hydroxyl groups excluding tert-OH is 2. The van der Waals surface area contributed by atoms with Crippen LogP contribution in [0.4, 0.5) is 0 Å². The summed E-state index contributed by atoms with van der Waals surface area (Å²) in [5, 5.41) is 17.7. The number of rotatable bonds is 6. The van der Waals surface area contributed by atoms with Crippen molar-refractivity contribution in [1.82, 2.24) is 4.72 Å². The van der Waals surface area contributed by atoms with Gasteiger partial charge in [0.2, 0.25) is 10.0 Å². The molecule has 0 aliphatic rings. The van der Waals surface area contributed by atoms with Crippen LogP contribution >= 0.6 is 27.3 Å². The van der Waals surface area contributed by atoms with Gasteiger partial charge in [-0.15, -0.1) is 11.3 Å². The van der Waals surface area contributed by atoms with E-state index in [1.54, 1.807) is 0 Å². The molecule has 1 heterocycles. The molecule has 3 N–H and O–H groups in total. The van der Waals surface area contributed by atoms with E-state index >= 15 is 0 Å². The molecule has 0 amide bonds. The number of ether oxygens (including phenoxy) is 1. The molecule has 7 nitrogen and oxygen atoms in total. The van der Waals surface area contributed by atoms with Crippen LogP contribution in [0.15, 0.2) is 14.7 Å². The first kappa shape index (κ1) is 16.5. The molecule has 0 unspecified atom stereocenters. The number of methoxy groups -OCH3 is 1. The standard InChI is InChI=1S/C9H12BrNO6S2/c1-17-9(14)6-2-7(8(10)18-6)19(15,16)11-5(3-12)4-13/h2,5,11-13H,3-4H2,1H3. The lowest BCUT2D eigenvalue weighted by Gasteiger charge is -2.12. The van der Waals surface area contributed by atoms with Crippen LogP contribution < -0.4 is 4.72 Å². The number of thiophene rings is 1. The van der Waals surface area contributed by atoms with Crippen LogP contribution in [-0.4, -0.2) is 51.0 Å². The normalized spacial score (nSPS) is 11.8. The van der Waals surface area contributed by atoms with Crippen LogP contribution in [0.3, 0.4) is 0 Å². The zero-order chi connectivity index (χ0) is 14.6.